The lowest BCUT2D eigenvalue weighted by atomic mass is 9.81. The van der Waals surface area contributed by atoms with Gasteiger partial charge in [-0.15, -0.1) is 0 Å². The molecule has 0 radical (unpaired) electrons. The highest BCUT2D eigenvalue weighted by molar-refractivity contribution is 4.86. The summed E-state index contributed by atoms with van der Waals surface area (Å²) in [5, 5.41) is 3.51. The molecule has 1 saturated carbocycles. The van der Waals surface area contributed by atoms with E-state index in [9.17, 15) is 13.2 Å². The second-order valence-electron chi connectivity index (χ2n) is 6.50. The van der Waals surface area contributed by atoms with Crippen molar-refractivity contribution in [3.8, 4) is 0 Å². The Hall–Kier alpha value is -0.290. The number of hydrogen-bond acceptors (Lipinski definition) is 2. The van der Waals surface area contributed by atoms with Crippen molar-refractivity contribution < 1.29 is 17.9 Å². The lowest BCUT2D eigenvalue weighted by molar-refractivity contribution is -0.174. The van der Waals surface area contributed by atoms with E-state index in [-0.39, 0.29) is 12.0 Å². The van der Waals surface area contributed by atoms with Gasteiger partial charge in [0.1, 0.15) is 6.61 Å². The summed E-state index contributed by atoms with van der Waals surface area (Å²) < 4.78 is 40.6. The van der Waals surface area contributed by atoms with Crippen molar-refractivity contribution in [2.75, 3.05) is 26.3 Å². The normalized spacial score (nSPS) is 18.9. The van der Waals surface area contributed by atoms with Crippen LogP contribution in [0.2, 0.25) is 0 Å². The van der Waals surface area contributed by atoms with Crippen LogP contribution in [0.5, 0.6) is 0 Å². The molecule has 1 aliphatic rings. The van der Waals surface area contributed by atoms with E-state index in [0.717, 1.165) is 25.9 Å². The van der Waals surface area contributed by atoms with Crippen molar-refractivity contribution in [3.05, 3.63) is 0 Å². The molecule has 0 amide bonds. The predicted octanol–water partition coefficient (Wildman–Crippen LogP) is 4.15. The average Bonchev–Trinajstić information content (AvgIpc) is 2.76. The van der Waals surface area contributed by atoms with Gasteiger partial charge >= 0.3 is 6.18 Å². The largest absolute Gasteiger partial charge is 0.411 e. The van der Waals surface area contributed by atoms with Gasteiger partial charge in [0.05, 0.1) is 0 Å². The van der Waals surface area contributed by atoms with Crippen molar-refractivity contribution >= 4 is 0 Å². The molecule has 0 atom stereocenters. The third-order valence-electron chi connectivity index (χ3n) is 3.98. The van der Waals surface area contributed by atoms with Crippen LogP contribution >= 0.6 is 0 Å². The van der Waals surface area contributed by atoms with Crippen LogP contribution in [0.15, 0.2) is 0 Å². The van der Waals surface area contributed by atoms with E-state index in [1.807, 2.05) is 0 Å². The topological polar surface area (TPSA) is 21.3 Å². The molecular weight excluding hydrogens is 267 g/mol. The number of rotatable bonds is 9. The molecule has 0 aliphatic heterocycles. The lowest BCUT2D eigenvalue weighted by Crippen LogP contribution is -2.34. The minimum atomic E-state index is -4.20. The highest BCUT2D eigenvalue weighted by Crippen LogP contribution is 2.41. The molecule has 0 aromatic carbocycles. The Morgan fingerprint density at radius 1 is 1.20 bits per heavy atom. The Morgan fingerprint density at radius 3 is 2.40 bits per heavy atom. The molecule has 2 nitrogen and oxygen atoms in total. The van der Waals surface area contributed by atoms with E-state index in [1.165, 1.54) is 25.7 Å². The Balaban J connectivity index is 2.21. The zero-order chi connectivity index (χ0) is 15.1. The van der Waals surface area contributed by atoms with Crippen molar-refractivity contribution in [1.29, 1.82) is 0 Å². The van der Waals surface area contributed by atoms with Crippen molar-refractivity contribution in [2.24, 2.45) is 11.3 Å². The maximum Gasteiger partial charge on any atom is 0.411 e. The Morgan fingerprint density at radius 2 is 1.85 bits per heavy atom. The fourth-order valence-electron chi connectivity index (χ4n) is 3.00. The first-order chi connectivity index (χ1) is 9.33. The second-order valence-corrected chi connectivity index (χ2v) is 6.50. The van der Waals surface area contributed by atoms with Gasteiger partial charge in [-0.05, 0) is 43.6 Å². The zero-order valence-electron chi connectivity index (χ0n) is 12.7. The molecule has 0 saturated heterocycles. The quantitative estimate of drug-likeness (QED) is 0.645. The van der Waals surface area contributed by atoms with Crippen LogP contribution in [0.3, 0.4) is 0 Å². The van der Waals surface area contributed by atoms with Crippen molar-refractivity contribution in [1.82, 2.24) is 5.32 Å². The van der Waals surface area contributed by atoms with Crippen molar-refractivity contribution in [3.63, 3.8) is 0 Å². The maximum atomic E-state index is 12.0. The summed E-state index contributed by atoms with van der Waals surface area (Å²) >= 11 is 0. The molecule has 5 heteroatoms. The summed E-state index contributed by atoms with van der Waals surface area (Å²) in [7, 11) is 0. The van der Waals surface area contributed by atoms with Crippen LogP contribution in [-0.4, -0.2) is 32.5 Å². The monoisotopic (exact) mass is 295 g/mol. The molecule has 20 heavy (non-hydrogen) atoms. The summed E-state index contributed by atoms with van der Waals surface area (Å²) in [5.74, 6) is 0.628. The molecule has 0 bridgehead atoms. The SMILES string of the molecule is CC(C)CNCC1(CCCOCC(F)(F)F)CCCC1. The number of halogens is 3. The van der Waals surface area contributed by atoms with Gasteiger partial charge in [-0.1, -0.05) is 26.7 Å². The van der Waals surface area contributed by atoms with Gasteiger partial charge < -0.3 is 10.1 Å². The Bertz CT molecular complexity index is 260. The molecule has 1 rings (SSSR count). The Kier molecular flexibility index (Phi) is 7.30. The minimum absolute atomic E-state index is 0.214. The smallest absolute Gasteiger partial charge is 0.372 e. The van der Waals surface area contributed by atoms with Crippen molar-refractivity contribution in [2.45, 2.75) is 58.5 Å². The van der Waals surface area contributed by atoms with E-state index < -0.39 is 12.8 Å². The first-order valence-electron chi connectivity index (χ1n) is 7.68. The summed E-state index contributed by atoms with van der Waals surface area (Å²) in [4.78, 5) is 0. The highest BCUT2D eigenvalue weighted by Gasteiger charge is 2.33. The summed E-state index contributed by atoms with van der Waals surface area (Å²) in [5.41, 5.74) is 0.288. The second kappa shape index (κ2) is 8.23. The van der Waals surface area contributed by atoms with Crippen LogP contribution in [0.1, 0.15) is 52.4 Å². The number of nitrogens with one attached hydrogen (secondary N) is 1. The van der Waals surface area contributed by atoms with Crippen LogP contribution in [-0.2, 0) is 4.74 Å². The zero-order valence-corrected chi connectivity index (χ0v) is 12.7. The summed E-state index contributed by atoms with van der Waals surface area (Å²) in [6.45, 7) is 5.45. The molecule has 0 spiro atoms. The van der Waals surface area contributed by atoms with Crippen LogP contribution in [0.4, 0.5) is 13.2 Å². The first kappa shape index (κ1) is 17.8. The van der Waals surface area contributed by atoms with Gasteiger partial charge in [-0.3, -0.25) is 0 Å². The lowest BCUT2D eigenvalue weighted by Gasteiger charge is -2.30. The third-order valence-corrected chi connectivity index (χ3v) is 3.98. The fraction of sp³-hybridized carbons (Fsp3) is 1.00. The third kappa shape index (κ3) is 7.48. The minimum Gasteiger partial charge on any atom is -0.372 e. The number of alkyl halides is 3. The maximum absolute atomic E-state index is 12.0. The van der Waals surface area contributed by atoms with Gasteiger partial charge in [0.25, 0.3) is 0 Å². The summed E-state index contributed by atoms with van der Waals surface area (Å²) in [6, 6.07) is 0. The molecule has 0 heterocycles. The molecule has 0 aromatic rings. The molecule has 1 fully saturated rings. The first-order valence-corrected chi connectivity index (χ1v) is 7.68. The molecule has 1 aliphatic carbocycles. The predicted molar refractivity (Wildman–Crippen MR) is 74.7 cm³/mol. The van der Waals surface area contributed by atoms with E-state index in [2.05, 4.69) is 19.2 Å². The molecule has 1 N–H and O–H groups in total. The number of ether oxygens (including phenoxy) is 1. The standard InChI is InChI=1S/C15H28F3NO/c1-13(2)10-19-11-14(6-3-4-7-14)8-5-9-20-12-15(16,17)18/h13,19H,3-12H2,1-2H3. The Labute approximate surface area is 120 Å². The summed E-state index contributed by atoms with van der Waals surface area (Å²) in [6.07, 6.45) is 2.35. The van der Waals surface area contributed by atoms with Gasteiger partial charge in [0, 0.05) is 13.2 Å². The van der Waals surface area contributed by atoms with Crippen LogP contribution in [0, 0.1) is 11.3 Å². The van der Waals surface area contributed by atoms with E-state index in [0.29, 0.717) is 5.92 Å². The van der Waals surface area contributed by atoms with E-state index >= 15 is 0 Å². The van der Waals surface area contributed by atoms with Gasteiger partial charge in [-0.2, -0.15) is 13.2 Å². The van der Waals surface area contributed by atoms with Gasteiger partial charge in [0.2, 0.25) is 0 Å². The highest BCUT2D eigenvalue weighted by atomic mass is 19.4. The molecule has 0 aromatic heterocycles. The van der Waals surface area contributed by atoms with E-state index in [1.54, 1.807) is 0 Å². The number of hydrogen-bond donors (Lipinski definition) is 1. The molecule has 0 unspecified atom stereocenters. The average molecular weight is 295 g/mol. The fourth-order valence-corrected chi connectivity index (χ4v) is 3.00. The van der Waals surface area contributed by atoms with Crippen LogP contribution in [0.25, 0.3) is 0 Å². The molecule has 120 valence electrons. The molecular formula is C15H28F3NO. The van der Waals surface area contributed by atoms with Crippen LogP contribution < -0.4 is 5.32 Å². The van der Waals surface area contributed by atoms with E-state index in [4.69, 9.17) is 4.74 Å². The van der Waals surface area contributed by atoms with Gasteiger partial charge in [0.15, 0.2) is 0 Å². The van der Waals surface area contributed by atoms with Gasteiger partial charge in [-0.25, -0.2) is 0 Å².